The highest BCUT2D eigenvalue weighted by Gasteiger charge is 2.33. The van der Waals surface area contributed by atoms with Gasteiger partial charge < -0.3 is 5.32 Å². The Morgan fingerprint density at radius 1 is 1.00 bits per heavy atom. The maximum Gasteiger partial charge on any atom is 0.00968 e. The molecule has 2 aliphatic carbocycles. The van der Waals surface area contributed by atoms with Gasteiger partial charge in [-0.15, -0.1) is 0 Å². The first kappa shape index (κ1) is 12.3. The molecule has 2 nitrogen and oxygen atoms in total. The Morgan fingerprint density at radius 2 is 1.76 bits per heavy atom. The number of rotatable bonds is 7. The van der Waals surface area contributed by atoms with Gasteiger partial charge in [-0.1, -0.05) is 0 Å². The van der Waals surface area contributed by atoms with E-state index >= 15 is 0 Å². The molecule has 3 rings (SSSR count). The summed E-state index contributed by atoms with van der Waals surface area (Å²) in [5.41, 5.74) is 0. The van der Waals surface area contributed by atoms with Crippen molar-refractivity contribution in [1.29, 1.82) is 0 Å². The van der Waals surface area contributed by atoms with E-state index in [9.17, 15) is 0 Å². The van der Waals surface area contributed by atoms with Crippen LogP contribution in [0.4, 0.5) is 0 Å². The second kappa shape index (κ2) is 5.94. The molecule has 17 heavy (non-hydrogen) atoms. The van der Waals surface area contributed by atoms with Crippen LogP contribution < -0.4 is 5.32 Å². The molecule has 0 radical (unpaired) electrons. The van der Waals surface area contributed by atoms with Gasteiger partial charge >= 0.3 is 0 Å². The molecule has 0 aromatic heterocycles. The molecule has 0 aromatic rings. The first-order valence-electron chi connectivity index (χ1n) is 7.48. The quantitative estimate of drug-likeness (QED) is 0.751. The van der Waals surface area contributed by atoms with Crippen LogP contribution in [0, 0.1) is 5.92 Å². The molecule has 1 N–H and O–H groups in total. The van der Waals surface area contributed by atoms with E-state index in [1.165, 1.54) is 70.5 Å². The lowest BCUT2D eigenvalue weighted by Crippen LogP contribution is -2.32. The number of piperidine rings is 1. The van der Waals surface area contributed by atoms with E-state index in [0.29, 0.717) is 0 Å². The summed E-state index contributed by atoms with van der Waals surface area (Å²) in [6.45, 7) is 5.26. The van der Waals surface area contributed by atoms with Gasteiger partial charge in [0.2, 0.25) is 0 Å². The minimum Gasteiger partial charge on any atom is -0.317 e. The number of hydrogen-bond acceptors (Lipinski definition) is 3. The Hall–Kier alpha value is 0.270. The van der Waals surface area contributed by atoms with Gasteiger partial charge in [-0.05, 0) is 57.5 Å². The highest BCUT2D eigenvalue weighted by atomic mass is 32.2. The van der Waals surface area contributed by atoms with Crippen molar-refractivity contribution in [2.75, 3.05) is 31.9 Å². The fourth-order valence-corrected chi connectivity index (χ4v) is 4.04. The van der Waals surface area contributed by atoms with E-state index in [0.717, 1.165) is 17.2 Å². The van der Waals surface area contributed by atoms with Crippen LogP contribution >= 0.6 is 11.8 Å². The van der Waals surface area contributed by atoms with E-state index in [-0.39, 0.29) is 0 Å². The van der Waals surface area contributed by atoms with Crippen molar-refractivity contribution in [2.24, 2.45) is 5.92 Å². The molecule has 0 atom stereocenters. The lowest BCUT2D eigenvalue weighted by molar-refractivity contribution is 0.268. The summed E-state index contributed by atoms with van der Waals surface area (Å²) in [4.78, 5) is 2.80. The zero-order chi connectivity index (χ0) is 11.5. The minimum atomic E-state index is 0.943. The predicted octanol–water partition coefficient (Wildman–Crippen LogP) is 2.35. The van der Waals surface area contributed by atoms with Crippen LogP contribution in [0.25, 0.3) is 0 Å². The molecule has 3 heteroatoms. The van der Waals surface area contributed by atoms with E-state index in [4.69, 9.17) is 0 Å². The van der Waals surface area contributed by atoms with E-state index in [1.54, 1.807) is 0 Å². The van der Waals surface area contributed by atoms with Crippen molar-refractivity contribution in [3.8, 4) is 0 Å². The van der Waals surface area contributed by atoms with Crippen molar-refractivity contribution in [1.82, 2.24) is 10.2 Å². The van der Waals surface area contributed by atoms with Crippen molar-refractivity contribution in [3.63, 3.8) is 0 Å². The summed E-state index contributed by atoms with van der Waals surface area (Å²) in [5.74, 6) is 2.44. The first-order valence-corrected chi connectivity index (χ1v) is 8.53. The molecule has 0 aromatic carbocycles. The van der Waals surface area contributed by atoms with Crippen LogP contribution in [0.1, 0.15) is 38.5 Å². The van der Waals surface area contributed by atoms with Crippen LogP contribution in [0.5, 0.6) is 0 Å². The fourth-order valence-electron chi connectivity index (χ4n) is 2.79. The molecule has 0 unspecified atom stereocenters. The van der Waals surface area contributed by atoms with Crippen molar-refractivity contribution < 1.29 is 0 Å². The summed E-state index contributed by atoms with van der Waals surface area (Å²) < 4.78 is 0. The third-order valence-corrected chi connectivity index (χ3v) is 5.63. The maximum atomic E-state index is 3.45. The van der Waals surface area contributed by atoms with Crippen LogP contribution in [0.3, 0.4) is 0 Å². The maximum absolute atomic E-state index is 3.45. The molecule has 1 heterocycles. The van der Waals surface area contributed by atoms with Crippen LogP contribution in [-0.4, -0.2) is 48.1 Å². The Morgan fingerprint density at radius 3 is 2.41 bits per heavy atom. The molecule has 3 fully saturated rings. The molecule has 2 saturated carbocycles. The van der Waals surface area contributed by atoms with Gasteiger partial charge in [-0.25, -0.2) is 0 Å². The van der Waals surface area contributed by atoms with Crippen LogP contribution in [0.15, 0.2) is 0 Å². The number of nitrogens with one attached hydrogen (secondary N) is 1. The summed E-state index contributed by atoms with van der Waals surface area (Å²) in [6.07, 6.45) is 8.73. The smallest absolute Gasteiger partial charge is 0.00968 e. The molecule has 1 aliphatic heterocycles. The second-order valence-corrected chi connectivity index (χ2v) is 7.40. The largest absolute Gasteiger partial charge is 0.317 e. The molecular formula is C14H26N2S. The van der Waals surface area contributed by atoms with Gasteiger partial charge in [-0.2, -0.15) is 11.8 Å². The first-order chi connectivity index (χ1) is 8.42. The summed E-state index contributed by atoms with van der Waals surface area (Å²) >= 11 is 2.24. The topological polar surface area (TPSA) is 15.3 Å². The molecule has 0 spiro atoms. The van der Waals surface area contributed by atoms with Gasteiger partial charge in [0.15, 0.2) is 0 Å². The van der Waals surface area contributed by atoms with Gasteiger partial charge in [0.1, 0.15) is 0 Å². The lowest BCUT2D eigenvalue weighted by Gasteiger charge is -2.25. The normalized spacial score (nSPS) is 26.6. The standard InChI is InChI=1S/C14H26N2S/c1-2-12(1)11-16(13-3-4-13)9-10-17-14-5-7-15-8-6-14/h12-15H,1-11H2. The zero-order valence-electron chi connectivity index (χ0n) is 10.9. The molecule has 0 bridgehead atoms. The minimum absolute atomic E-state index is 0.943. The lowest BCUT2D eigenvalue weighted by atomic mass is 10.2. The van der Waals surface area contributed by atoms with E-state index in [2.05, 4.69) is 22.0 Å². The van der Waals surface area contributed by atoms with Crippen LogP contribution in [0.2, 0.25) is 0 Å². The van der Waals surface area contributed by atoms with Gasteiger partial charge in [0.05, 0.1) is 0 Å². The van der Waals surface area contributed by atoms with Gasteiger partial charge in [-0.3, -0.25) is 4.90 Å². The monoisotopic (exact) mass is 254 g/mol. The molecule has 98 valence electrons. The average molecular weight is 254 g/mol. The van der Waals surface area contributed by atoms with E-state index in [1.807, 2.05) is 0 Å². The highest BCUT2D eigenvalue weighted by Crippen LogP contribution is 2.35. The number of thioether (sulfide) groups is 1. The zero-order valence-corrected chi connectivity index (χ0v) is 11.7. The number of nitrogens with zero attached hydrogens (tertiary/aromatic N) is 1. The van der Waals surface area contributed by atoms with Gasteiger partial charge in [0, 0.05) is 30.1 Å². The predicted molar refractivity (Wildman–Crippen MR) is 75.7 cm³/mol. The van der Waals surface area contributed by atoms with Crippen molar-refractivity contribution in [3.05, 3.63) is 0 Å². The summed E-state index contributed by atoms with van der Waals surface area (Å²) in [6, 6.07) is 0.976. The SMILES string of the molecule is C1CC(SCCN(CC2CC2)C2CC2)CCN1. The molecule has 0 amide bonds. The summed E-state index contributed by atoms with van der Waals surface area (Å²) in [7, 11) is 0. The van der Waals surface area contributed by atoms with Crippen molar-refractivity contribution >= 4 is 11.8 Å². The molecule has 3 aliphatic rings. The fraction of sp³-hybridized carbons (Fsp3) is 1.00. The average Bonchev–Trinajstić information content (AvgIpc) is 3.23. The summed E-state index contributed by atoms with van der Waals surface area (Å²) in [5, 5.41) is 4.40. The van der Waals surface area contributed by atoms with Crippen molar-refractivity contribution in [2.45, 2.75) is 49.8 Å². The highest BCUT2D eigenvalue weighted by molar-refractivity contribution is 7.99. The third-order valence-electron chi connectivity index (χ3n) is 4.27. The molecule has 1 saturated heterocycles. The Balaban J connectivity index is 1.33. The Kier molecular flexibility index (Phi) is 4.30. The van der Waals surface area contributed by atoms with Crippen LogP contribution in [-0.2, 0) is 0 Å². The Bertz CT molecular complexity index is 232. The second-order valence-electron chi connectivity index (χ2n) is 5.99. The third kappa shape index (κ3) is 4.15. The Labute approximate surface area is 110 Å². The molecular weight excluding hydrogens is 228 g/mol. The van der Waals surface area contributed by atoms with Gasteiger partial charge in [0.25, 0.3) is 0 Å². The number of hydrogen-bond donors (Lipinski definition) is 1. The van der Waals surface area contributed by atoms with E-state index < -0.39 is 0 Å².